The first-order chi connectivity index (χ1) is 30.5. The van der Waals surface area contributed by atoms with E-state index in [1.807, 2.05) is 37.3 Å². The SMILES string of the molecule is CC/C=C/CC(O)/C=C/C=C/CCCCCCCC(=O)OC[C@H](COP(=O)(O)O[C@H]1C(O)C(O)C(O)[C@@H](OP(=O)(O)O)C1O)OC(=O)CCCCCCC/C=C\C/C=C\CCCCC. The minimum Gasteiger partial charge on any atom is -0.462 e. The summed E-state index contributed by atoms with van der Waals surface area (Å²) in [4.78, 5) is 54.2. The van der Waals surface area contributed by atoms with Crippen molar-refractivity contribution in [2.75, 3.05) is 13.2 Å². The van der Waals surface area contributed by atoms with Crippen molar-refractivity contribution in [3.8, 4) is 0 Å². The highest BCUT2D eigenvalue weighted by Gasteiger charge is 2.54. The predicted octanol–water partition coefficient (Wildman–Crippen LogP) is 7.25. The Hall–Kier alpha value is -2.34. The zero-order chi connectivity index (χ0) is 47.6. The van der Waals surface area contributed by atoms with Gasteiger partial charge < -0.3 is 49.7 Å². The number of aliphatic hydroxyl groups excluding tert-OH is 5. The van der Waals surface area contributed by atoms with Gasteiger partial charge >= 0.3 is 27.6 Å². The molecular weight excluding hydrogens is 874 g/mol. The molecule has 0 aromatic rings. The van der Waals surface area contributed by atoms with Crippen molar-refractivity contribution in [1.29, 1.82) is 0 Å². The van der Waals surface area contributed by atoms with Crippen molar-refractivity contribution in [1.82, 2.24) is 0 Å². The Balaban J connectivity index is 2.65. The van der Waals surface area contributed by atoms with E-state index >= 15 is 0 Å². The Morgan fingerprint density at radius 1 is 0.594 bits per heavy atom. The average Bonchev–Trinajstić information content (AvgIpc) is 3.24. The molecule has 9 atom stereocenters. The molecule has 19 heteroatoms. The lowest BCUT2D eigenvalue weighted by atomic mass is 9.85. The molecule has 1 saturated carbocycles. The van der Waals surface area contributed by atoms with Gasteiger partial charge in [-0.25, -0.2) is 9.13 Å². The van der Waals surface area contributed by atoms with E-state index in [4.69, 9.17) is 28.3 Å². The number of ether oxygens (including phenoxy) is 2. The molecule has 0 radical (unpaired) electrons. The van der Waals surface area contributed by atoms with E-state index in [-0.39, 0.29) is 12.8 Å². The molecule has 0 saturated heterocycles. The van der Waals surface area contributed by atoms with Crippen LogP contribution in [0.3, 0.4) is 0 Å². The second-order valence-electron chi connectivity index (χ2n) is 15.9. The van der Waals surface area contributed by atoms with Crippen LogP contribution in [0, 0.1) is 0 Å². The summed E-state index contributed by atoms with van der Waals surface area (Å²) in [6.45, 7) is 2.82. The lowest BCUT2D eigenvalue weighted by Crippen LogP contribution is -2.64. The van der Waals surface area contributed by atoms with Crippen molar-refractivity contribution in [3.05, 3.63) is 60.8 Å². The molecule has 17 nitrogen and oxygen atoms in total. The first-order valence-electron chi connectivity index (χ1n) is 22.9. The van der Waals surface area contributed by atoms with Crippen LogP contribution in [0.4, 0.5) is 0 Å². The molecule has 64 heavy (non-hydrogen) atoms. The number of esters is 2. The molecule has 6 unspecified atom stereocenters. The lowest BCUT2D eigenvalue weighted by Gasteiger charge is -2.43. The van der Waals surface area contributed by atoms with Crippen LogP contribution in [0.5, 0.6) is 0 Å². The number of carbonyl (C=O) groups excluding carboxylic acids is 2. The average molecular weight is 953 g/mol. The maximum atomic E-state index is 13.0. The zero-order valence-electron chi connectivity index (χ0n) is 37.8. The highest BCUT2D eigenvalue weighted by atomic mass is 31.2. The number of phosphoric ester groups is 2. The molecule has 1 aliphatic carbocycles. The Labute approximate surface area is 380 Å². The number of hydrogen-bond donors (Lipinski definition) is 8. The summed E-state index contributed by atoms with van der Waals surface area (Å²) in [5, 5.41) is 51.1. The molecule has 370 valence electrons. The number of phosphoric acid groups is 2. The van der Waals surface area contributed by atoms with Crippen molar-refractivity contribution in [3.63, 3.8) is 0 Å². The van der Waals surface area contributed by atoms with Gasteiger partial charge in [-0.05, 0) is 70.6 Å². The second kappa shape index (κ2) is 35.8. The van der Waals surface area contributed by atoms with Crippen molar-refractivity contribution in [2.45, 2.75) is 198 Å². The molecule has 1 rings (SSSR count). The molecule has 0 aliphatic heterocycles. The third kappa shape index (κ3) is 30.0. The van der Waals surface area contributed by atoms with Crippen LogP contribution < -0.4 is 0 Å². The van der Waals surface area contributed by atoms with Gasteiger partial charge in [-0.3, -0.25) is 23.2 Å². The van der Waals surface area contributed by atoms with E-state index in [1.54, 1.807) is 6.08 Å². The number of unbranched alkanes of at least 4 members (excludes halogenated alkanes) is 13. The summed E-state index contributed by atoms with van der Waals surface area (Å²) in [5.74, 6) is -1.28. The minimum absolute atomic E-state index is 0.0103. The highest BCUT2D eigenvalue weighted by molar-refractivity contribution is 7.47. The quantitative estimate of drug-likeness (QED) is 0.0100. The van der Waals surface area contributed by atoms with E-state index in [0.717, 1.165) is 83.5 Å². The number of aliphatic hydroxyl groups is 5. The fourth-order valence-electron chi connectivity index (χ4n) is 6.56. The Morgan fingerprint density at radius 3 is 1.73 bits per heavy atom. The monoisotopic (exact) mass is 952 g/mol. The Morgan fingerprint density at radius 2 is 1.14 bits per heavy atom. The molecule has 0 amide bonds. The molecular formula is C45H78O17P2. The summed E-state index contributed by atoms with van der Waals surface area (Å²) in [6, 6.07) is 0. The number of hydrogen-bond acceptors (Lipinski definition) is 14. The summed E-state index contributed by atoms with van der Waals surface area (Å²) in [5.41, 5.74) is 0. The number of carbonyl (C=O) groups is 2. The van der Waals surface area contributed by atoms with Gasteiger partial charge in [-0.15, -0.1) is 0 Å². The summed E-state index contributed by atoms with van der Waals surface area (Å²) in [7, 11) is -10.7. The molecule has 8 N–H and O–H groups in total. The third-order valence-corrected chi connectivity index (χ3v) is 11.7. The van der Waals surface area contributed by atoms with Crippen LogP contribution in [-0.2, 0) is 41.8 Å². The van der Waals surface area contributed by atoms with Gasteiger partial charge in [0, 0.05) is 12.8 Å². The van der Waals surface area contributed by atoms with Crippen molar-refractivity contribution >= 4 is 27.6 Å². The van der Waals surface area contributed by atoms with Gasteiger partial charge in [0.2, 0.25) is 0 Å². The molecule has 0 aromatic heterocycles. The van der Waals surface area contributed by atoms with Gasteiger partial charge in [0.25, 0.3) is 0 Å². The van der Waals surface area contributed by atoms with Crippen molar-refractivity contribution < 1.29 is 82.0 Å². The molecule has 0 aromatic carbocycles. The number of allylic oxidation sites excluding steroid dienone is 8. The highest BCUT2D eigenvalue weighted by Crippen LogP contribution is 2.49. The summed E-state index contributed by atoms with van der Waals surface area (Å²) >= 11 is 0. The fraction of sp³-hybridized carbons (Fsp3) is 0.733. The summed E-state index contributed by atoms with van der Waals surface area (Å²) in [6.07, 6.45) is 22.2. The molecule has 0 bridgehead atoms. The largest absolute Gasteiger partial charge is 0.472 e. The molecule has 0 spiro atoms. The molecule has 1 aliphatic rings. The first kappa shape index (κ1) is 59.7. The van der Waals surface area contributed by atoms with E-state index in [9.17, 15) is 49.1 Å². The van der Waals surface area contributed by atoms with Crippen LogP contribution in [-0.4, -0.2) is 114 Å². The van der Waals surface area contributed by atoms with Gasteiger partial charge in [0.1, 0.15) is 43.2 Å². The Kier molecular flexibility index (Phi) is 33.4. The molecule has 0 heterocycles. The second-order valence-corrected chi connectivity index (χ2v) is 18.5. The van der Waals surface area contributed by atoms with Crippen LogP contribution >= 0.6 is 15.6 Å². The van der Waals surface area contributed by atoms with Crippen LogP contribution in [0.15, 0.2) is 60.8 Å². The first-order valence-corrected chi connectivity index (χ1v) is 26.0. The maximum absolute atomic E-state index is 13.0. The smallest absolute Gasteiger partial charge is 0.462 e. The topological polar surface area (TPSA) is 276 Å². The normalized spacial score (nSPS) is 22.8. The van der Waals surface area contributed by atoms with Gasteiger partial charge in [-0.2, -0.15) is 0 Å². The van der Waals surface area contributed by atoms with Crippen LogP contribution in [0.1, 0.15) is 149 Å². The van der Waals surface area contributed by atoms with E-state index in [2.05, 4.69) is 35.8 Å². The van der Waals surface area contributed by atoms with Gasteiger partial charge in [0.05, 0.1) is 12.7 Å². The standard InChI is InChI=1S/C45H78O17P2/c1-3-5-7-8-9-10-11-12-13-14-15-18-22-25-29-33-39(48)60-37(34-58-38(47)32-28-24-21-19-16-17-20-23-27-31-36(46)30-26-6-4-2)35-59-64(56,57)62-45-42(51)40(49)41(50)44(43(45)52)61-63(53,54)55/h6,9-10,12-13,20,23,26-27,31,36-37,40-46,49-52H,3-5,7-8,11,14-19,21-22,24-25,28-30,32-35H2,1-2H3,(H,56,57)(H2,53,54,55)/b10-9-,13-12-,23-20+,26-6+,31-27+/t36?,37-,40?,41?,42?,43?,44-,45+/m1/s1. The lowest BCUT2D eigenvalue weighted by molar-refractivity contribution is -0.216. The van der Waals surface area contributed by atoms with E-state index < -0.39 is 89.6 Å². The van der Waals surface area contributed by atoms with Gasteiger partial charge in [-0.1, -0.05) is 126 Å². The fourth-order valence-corrected chi connectivity index (χ4v) is 8.10. The van der Waals surface area contributed by atoms with E-state index in [0.29, 0.717) is 19.3 Å². The minimum atomic E-state index is -5.37. The third-order valence-electron chi connectivity index (χ3n) is 10.2. The van der Waals surface area contributed by atoms with Crippen molar-refractivity contribution in [2.24, 2.45) is 0 Å². The zero-order valence-corrected chi connectivity index (χ0v) is 39.6. The molecule has 1 fully saturated rings. The van der Waals surface area contributed by atoms with Gasteiger partial charge in [0.15, 0.2) is 6.10 Å². The van der Waals surface area contributed by atoms with Crippen LogP contribution in [0.25, 0.3) is 0 Å². The predicted molar refractivity (Wildman–Crippen MR) is 242 cm³/mol. The number of rotatable bonds is 37. The van der Waals surface area contributed by atoms with E-state index in [1.165, 1.54) is 19.3 Å². The van der Waals surface area contributed by atoms with Crippen LogP contribution in [0.2, 0.25) is 0 Å². The Bertz CT molecular complexity index is 1490. The summed E-state index contributed by atoms with van der Waals surface area (Å²) < 4.78 is 49.3. The maximum Gasteiger partial charge on any atom is 0.472 e.